The van der Waals surface area contributed by atoms with Gasteiger partial charge in [0, 0.05) is 22.2 Å². The third-order valence-electron chi connectivity index (χ3n) is 4.01. The maximum Gasteiger partial charge on any atom is 0.0549 e. The Morgan fingerprint density at radius 2 is 2.33 bits per heavy atom. The van der Waals surface area contributed by atoms with E-state index in [1.54, 1.807) is 0 Å². The molecule has 0 bridgehead atoms. The number of benzene rings is 1. The smallest absolute Gasteiger partial charge is 0.0549 e. The van der Waals surface area contributed by atoms with Crippen molar-refractivity contribution in [3.8, 4) is 0 Å². The molecule has 2 nitrogen and oxygen atoms in total. The average molecular weight is 332 g/mol. The summed E-state index contributed by atoms with van der Waals surface area (Å²) in [7, 11) is 0. The molecule has 2 rings (SSSR count). The van der Waals surface area contributed by atoms with Crippen molar-refractivity contribution in [2.75, 3.05) is 11.9 Å². The summed E-state index contributed by atoms with van der Waals surface area (Å²) < 4.78 is 0.923. The molecule has 1 fully saturated rings. The van der Waals surface area contributed by atoms with Gasteiger partial charge < -0.3 is 11.1 Å². The highest BCUT2D eigenvalue weighted by molar-refractivity contribution is 9.10. The second-order valence-electron chi connectivity index (χ2n) is 5.26. The molecule has 1 saturated carbocycles. The first-order valence-electron chi connectivity index (χ1n) is 6.52. The van der Waals surface area contributed by atoms with Crippen molar-refractivity contribution >= 4 is 33.2 Å². The second-order valence-corrected chi connectivity index (χ2v) is 6.52. The van der Waals surface area contributed by atoms with Crippen LogP contribution >= 0.6 is 27.5 Å². The number of hydrogen-bond donors (Lipinski definition) is 2. The average Bonchev–Trinajstić information content (AvgIpc) is 2.78. The first-order chi connectivity index (χ1) is 8.58. The van der Waals surface area contributed by atoms with Crippen molar-refractivity contribution in [1.29, 1.82) is 0 Å². The lowest BCUT2D eigenvalue weighted by Gasteiger charge is -2.30. The summed E-state index contributed by atoms with van der Waals surface area (Å²) in [6.45, 7) is 2.94. The first kappa shape index (κ1) is 14.2. The molecule has 1 aliphatic rings. The van der Waals surface area contributed by atoms with Crippen molar-refractivity contribution in [2.24, 2.45) is 11.7 Å². The Balaban J connectivity index is 2.13. The third-order valence-corrected chi connectivity index (χ3v) is 5.22. The van der Waals surface area contributed by atoms with Crippen LogP contribution in [0.15, 0.2) is 22.7 Å². The van der Waals surface area contributed by atoms with Gasteiger partial charge in [0.1, 0.15) is 0 Å². The predicted molar refractivity (Wildman–Crippen MR) is 82.2 cm³/mol. The molecule has 3 N–H and O–H groups in total. The molecule has 0 saturated heterocycles. The van der Waals surface area contributed by atoms with Crippen molar-refractivity contribution in [3.05, 3.63) is 27.7 Å². The summed E-state index contributed by atoms with van der Waals surface area (Å²) in [5.74, 6) is 0.803. The number of anilines is 1. The zero-order valence-electron chi connectivity index (χ0n) is 10.7. The highest BCUT2D eigenvalue weighted by Gasteiger charge is 2.37. The Kier molecular flexibility index (Phi) is 4.57. The Bertz CT molecular complexity index is 424. The summed E-state index contributed by atoms with van der Waals surface area (Å²) in [6, 6.07) is 5.95. The summed E-state index contributed by atoms with van der Waals surface area (Å²) in [5.41, 5.74) is 7.16. The van der Waals surface area contributed by atoms with Gasteiger partial charge in [-0.3, -0.25) is 0 Å². The van der Waals surface area contributed by atoms with Crippen molar-refractivity contribution in [1.82, 2.24) is 0 Å². The molecule has 0 amide bonds. The van der Waals surface area contributed by atoms with Crippen LogP contribution in [0.25, 0.3) is 0 Å². The lowest BCUT2D eigenvalue weighted by atomic mass is 9.94. The van der Waals surface area contributed by atoms with Gasteiger partial charge in [-0.15, -0.1) is 0 Å². The standard InChI is InChI=1S/C14H20BrClN2/c1-2-10-5-6-14(8-10,9-17)18-11-3-4-13(16)12(15)7-11/h3-4,7,10,18H,2,5-6,8-9,17H2,1H3. The van der Waals surface area contributed by atoms with Crippen LogP contribution in [-0.2, 0) is 0 Å². The van der Waals surface area contributed by atoms with Crippen LogP contribution in [0, 0.1) is 5.92 Å². The molecule has 18 heavy (non-hydrogen) atoms. The van der Waals surface area contributed by atoms with E-state index in [9.17, 15) is 0 Å². The van der Waals surface area contributed by atoms with E-state index in [0.29, 0.717) is 6.54 Å². The Hall–Kier alpha value is -0.250. The molecule has 1 aromatic carbocycles. The van der Waals surface area contributed by atoms with E-state index in [1.807, 2.05) is 18.2 Å². The molecule has 0 spiro atoms. The summed E-state index contributed by atoms with van der Waals surface area (Å²) in [6.07, 6.45) is 4.84. The molecular weight excluding hydrogens is 312 g/mol. The van der Waals surface area contributed by atoms with E-state index in [2.05, 4.69) is 28.2 Å². The van der Waals surface area contributed by atoms with Gasteiger partial charge in [0.25, 0.3) is 0 Å². The molecule has 1 aliphatic carbocycles. The summed E-state index contributed by atoms with van der Waals surface area (Å²) in [4.78, 5) is 0. The second kappa shape index (κ2) is 5.81. The quantitative estimate of drug-likeness (QED) is 0.857. The van der Waals surface area contributed by atoms with Crippen LogP contribution in [0.3, 0.4) is 0 Å². The van der Waals surface area contributed by atoms with Gasteiger partial charge in [0.05, 0.1) is 5.02 Å². The lowest BCUT2D eigenvalue weighted by Crippen LogP contribution is -2.43. The largest absolute Gasteiger partial charge is 0.378 e. The van der Waals surface area contributed by atoms with Crippen LogP contribution in [0.4, 0.5) is 5.69 Å². The Morgan fingerprint density at radius 1 is 1.56 bits per heavy atom. The highest BCUT2D eigenvalue weighted by Crippen LogP contribution is 2.38. The van der Waals surface area contributed by atoms with Gasteiger partial charge in [0.15, 0.2) is 0 Å². The normalized spacial score (nSPS) is 27.4. The topological polar surface area (TPSA) is 38.0 Å². The lowest BCUT2D eigenvalue weighted by molar-refractivity contribution is 0.449. The fraction of sp³-hybridized carbons (Fsp3) is 0.571. The minimum absolute atomic E-state index is 0.0634. The Morgan fingerprint density at radius 3 is 2.89 bits per heavy atom. The molecule has 100 valence electrons. The van der Waals surface area contributed by atoms with Gasteiger partial charge in [0.2, 0.25) is 0 Å². The van der Waals surface area contributed by atoms with E-state index in [-0.39, 0.29) is 5.54 Å². The molecule has 0 radical (unpaired) electrons. The summed E-state index contributed by atoms with van der Waals surface area (Å²) >= 11 is 9.47. The summed E-state index contributed by atoms with van der Waals surface area (Å²) in [5, 5.41) is 4.36. The van der Waals surface area contributed by atoms with Gasteiger partial charge in [-0.05, 0) is 59.3 Å². The monoisotopic (exact) mass is 330 g/mol. The zero-order valence-corrected chi connectivity index (χ0v) is 13.0. The maximum atomic E-state index is 6.01. The number of hydrogen-bond acceptors (Lipinski definition) is 2. The zero-order chi connectivity index (χ0) is 13.2. The van der Waals surface area contributed by atoms with Crippen molar-refractivity contribution < 1.29 is 0 Å². The van der Waals surface area contributed by atoms with Gasteiger partial charge >= 0.3 is 0 Å². The van der Waals surface area contributed by atoms with Crippen molar-refractivity contribution in [2.45, 2.75) is 38.1 Å². The van der Waals surface area contributed by atoms with E-state index in [0.717, 1.165) is 27.5 Å². The minimum Gasteiger partial charge on any atom is -0.378 e. The third kappa shape index (κ3) is 3.01. The molecule has 0 aromatic heterocycles. The fourth-order valence-electron chi connectivity index (χ4n) is 2.82. The van der Waals surface area contributed by atoms with Gasteiger partial charge in [-0.2, -0.15) is 0 Å². The van der Waals surface area contributed by atoms with Crippen LogP contribution < -0.4 is 11.1 Å². The van der Waals surface area contributed by atoms with Gasteiger partial charge in [-0.25, -0.2) is 0 Å². The first-order valence-corrected chi connectivity index (χ1v) is 7.69. The number of rotatable bonds is 4. The fourth-order valence-corrected chi connectivity index (χ4v) is 3.31. The van der Waals surface area contributed by atoms with E-state index in [4.69, 9.17) is 17.3 Å². The minimum atomic E-state index is 0.0634. The predicted octanol–water partition coefficient (Wildman–Crippen LogP) is 4.42. The van der Waals surface area contributed by atoms with Gasteiger partial charge in [-0.1, -0.05) is 24.9 Å². The number of nitrogens with one attached hydrogen (secondary N) is 1. The molecule has 4 heteroatoms. The van der Waals surface area contributed by atoms with Crippen molar-refractivity contribution in [3.63, 3.8) is 0 Å². The van der Waals surface area contributed by atoms with E-state index >= 15 is 0 Å². The number of nitrogens with two attached hydrogens (primary N) is 1. The molecule has 2 atom stereocenters. The highest BCUT2D eigenvalue weighted by atomic mass is 79.9. The SMILES string of the molecule is CCC1CCC(CN)(Nc2ccc(Cl)c(Br)c2)C1. The van der Waals surface area contributed by atoms with E-state index < -0.39 is 0 Å². The van der Waals surface area contributed by atoms with Crippen LogP contribution in [0.2, 0.25) is 5.02 Å². The molecule has 0 heterocycles. The van der Waals surface area contributed by atoms with Crippen LogP contribution in [-0.4, -0.2) is 12.1 Å². The maximum absolute atomic E-state index is 6.01. The van der Waals surface area contributed by atoms with Crippen LogP contribution in [0.5, 0.6) is 0 Å². The Labute approximate surface area is 122 Å². The van der Waals surface area contributed by atoms with Crippen LogP contribution in [0.1, 0.15) is 32.6 Å². The molecule has 2 unspecified atom stereocenters. The molecule has 0 aliphatic heterocycles. The number of halogens is 2. The molecule has 1 aromatic rings. The van der Waals surface area contributed by atoms with E-state index in [1.165, 1.54) is 19.3 Å². The molecular formula is C14H20BrClN2.